The number of nitrogens with one attached hydrogen (secondary N) is 1. The van der Waals surface area contributed by atoms with E-state index in [0.29, 0.717) is 5.56 Å². The fraction of sp³-hybridized carbons (Fsp3) is 0.222. The first-order valence-corrected chi connectivity index (χ1v) is 3.89. The lowest BCUT2D eigenvalue weighted by molar-refractivity contribution is -0.130. The first-order chi connectivity index (χ1) is 6.63. The highest BCUT2D eigenvalue weighted by molar-refractivity contribution is 5.77. The monoisotopic (exact) mass is 201 g/mol. The molecule has 1 aromatic carbocycles. The Morgan fingerprint density at radius 3 is 2.71 bits per heavy atom. The first kappa shape index (κ1) is 10.6. The van der Waals surface area contributed by atoms with Gasteiger partial charge >= 0.3 is 0 Å². The summed E-state index contributed by atoms with van der Waals surface area (Å²) in [5, 5.41) is 0. The number of amides is 1. The number of carbonyl (C=O) groups excluding carboxylic acids is 1. The van der Waals surface area contributed by atoms with Gasteiger partial charge in [0, 0.05) is 0 Å². The summed E-state index contributed by atoms with van der Waals surface area (Å²) in [6, 6.07) is 3.29. The maximum absolute atomic E-state index is 12.7. The zero-order valence-electron chi connectivity index (χ0n) is 7.51. The lowest BCUT2D eigenvalue weighted by atomic mass is 10.1. The Morgan fingerprint density at radius 1 is 1.43 bits per heavy atom. The van der Waals surface area contributed by atoms with E-state index in [4.69, 9.17) is 0 Å². The van der Waals surface area contributed by atoms with Crippen molar-refractivity contribution < 1.29 is 18.4 Å². The molecule has 0 heterocycles. The molecular weight excluding hydrogens is 192 g/mol. The molecule has 0 saturated carbocycles. The van der Waals surface area contributed by atoms with Crippen molar-refractivity contribution in [1.29, 1.82) is 0 Å². The summed E-state index contributed by atoms with van der Waals surface area (Å²) in [6.45, 7) is 0. The molecule has 1 amide bonds. The SMILES string of the molecule is CONC(=O)Cc1ccc(F)c(F)c1. The highest BCUT2D eigenvalue weighted by Crippen LogP contribution is 2.08. The molecule has 76 valence electrons. The van der Waals surface area contributed by atoms with E-state index < -0.39 is 17.5 Å². The minimum absolute atomic E-state index is 0.0506. The number of hydrogen-bond acceptors (Lipinski definition) is 2. The second-order valence-electron chi connectivity index (χ2n) is 2.65. The van der Waals surface area contributed by atoms with E-state index in [1.807, 2.05) is 0 Å². The van der Waals surface area contributed by atoms with Gasteiger partial charge in [0.05, 0.1) is 13.5 Å². The van der Waals surface area contributed by atoms with Crippen LogP contribution in [0, 0.1) is 11.6 Å². The molecule has 0 unspecified atom stereocenters. The number of halogens is 2. The standard InChI is InChI=1S/C9H9F2NO2/c1-14-12-9(13)5-6-2-3-7(10)8(11)4-6/h2-4H,5H2,1H3,(H,12,13). The average Bonchev–Trinajstić information content (AvgIpc) is 2.12. The Bertz CT molecular complexity index is 342. The molecule has 0 aromatic heterocycles. The van der Waals surface area contributed by atoms with Crippen LogP contribution in [-0.2, 0) is 16.1 Å². The number of carbonyl (C=O) groups is 1. The maximum atomic E-state index is 12.7. The minimum Gasteiger partial charge on any atom is -0.277 e. The van der Waals surface area contributed by atoms with Gasteiger partial charge in [0.2, 0.25) is 5.91 Å². The summed E-state index contributed by atoms with van der Waals surface area (Å²) in [5.74, 6) is -2.31. The van der Waals surface area contributed by atoms with Crippen molar-refractivity contribution in [2.75, 3.05) is 7.11 Å². The highest BCUT2D eigenvalue weighted by Gasteiger charge is 2.06. The normalized spacial score (nSPS) is 9.93. The highest BCUT2D eigenvalue weighted by atomic mass is 19.2. The van der Waals surface area contributed by atoms with E-state index in [9.17, 15) is 13.6 Å². The van der Waals surface area contributed by atoms with Crippen molar-refractivity contribution in [3.8, 4) is 0 Å². The Kier molecular flexibility index (Phi) is 3.53. The van der Waals surface area contributed by atoms with Gasteiger partial charge in [-0.1, -0.05) is 6.07 Å². The molecule has 1 rings (SSSR count). The third-order valence-corrected chi connectivity index (χ3v) is 1.56. The molecule has 0 radical (unpaired) electrons. The molecule has 0 aliphatic carbocycles. The van der Waals surface area contributed by atoms with E-state index >= 15 is 0 Å². The van der Waals surface area contributed by atoms with Crippen molar-refractivity contribution in [2.24, 2.45) is 0 Å². The number of rotatable bonds is 3. The lowest BCUT2D eigenvalue weighted by Crippen LogP contribution is -2.23. The van der Waals surface area contributed by atoms with Gasteiger partial charge < -0.3 is 0 Å². The van der Waals surface area contributed by atoms with Crippen LogP contribution in [-0.4, -0.2) is 13.0 Å². The van der Waals surface area contributed by atoms with Gasteiger partial charge in [-0.05, 0) is 17.7 Å². The molecule has 3 nitrogen and oxygen atoms in total. The largest absolute Gasteiger partial charge is 0.277 e. The molecule has 5 heteroatoms. The van der Waals surface area contributed by atoms with E-state index in [0.717, 1.165) is 12.1 Å². The van der Waals surface area contributed by atoms with E-state index in [2.05, 4.69) is 10.3 Å². The topological polar surface area (TPSA) is 38.3 Å². The first-order valence-electron chi connectivity index (χ1n) is 3.89. The van der Waals surface area contributed by atoms with E-state index in [1.165, 1.54) is 13.2 Å². The van der Waals surface area contributed by atoms with Crippen LogP contribution < -0.4 is 5.48 Å². The predicted octanol–water partition coefficient (Wildman–Crippen LogP) is 1.18. The van der Waals surface area contributed by atoms with Crippen LogP contribution in [0.25, 0.3) is 0 Å². The van der Waals surface area contributed by atoms with Gasteiger partial charge in [-0.15, -0.1) is 0 Å². The van der Waals surface area contributed by atoms with Crippen LogP contribution in [0.3, 0.4) is 0 Å². The molecule has 0 spiro atoms. The van der Waals surface area contributed by atoms with Crippen molar-refractivity contribution in [1.82, 2.24) is 5.48 Å². The van der Waals surface area contributed by atoms with Crippen LogP contribution in [0.1, 0.15) is 5.56 Å². The smallest absolute Gasteiger partial charge is 0.247 e. The molecular formula is C9H9F2NO2. The summed E-state index contributed by atoms with van der Waals surface area (Å²) in [4.78, 5) is 15.3. The Labute approximate surface area is 79.6 Å². The van der Waals surface area contributed by atoms with E-state index in [1.54, 1.807) is 0 Å². The number of hydrogen-bond donors (Lipinski definition) is 1. The zero-order chi connectivity index (χ0) is 10.6. The van der Waals surface area contributed by atoms with Crippen molar-refractivity contribution >= 4 is 5.91 Å². The lowest BCUT2D eigenvalue weighted by Gasteiger charge is -2.02. The quantitative estimate of drug-likeness (QED) is 0.746. The minimum atomic E-state index is -0.965. The van der Waals surface area contributed by atoms with Crippen LogP contribution in [0.2, 0.25) is 0 Å². The Balaban J connectivity index is 2.68. The number of benzene rings is 1. The second-order valence-corrected chi connectivity index (χ2v) is 2.65. The van der Waals surface area contributed by atoms with Crippen LogP contribution in [0.15, 0.2) is 18.2 Å². The Hall–Kier alpha value is -1.49. The molecule has 0 aliphatic rings. The molecule has 0 saturated heterocycles. The van der Waals surface area contributed by atoms with Gasteiger partial charge in [0.15, 0.2) is 11.6 Å². The molecule has 1 N–H and O–H groups in total. The van der Waals surface area contributed by atoms with Gasteiger partial charge in [-0.25, -0.2) is 14.3 Å². The summed E-state index contributed by atoms with van der Waals surface area (Å²) in [5.41, 5.74) is 2.46. The molecule has 0 aliphatic heterocycles. The average molecular weight is 201 g/mol. The second kappa shape index (κ2) is 4.66. The third-order valence-electron chi connectivity index (χ3n) is 1.56. The maximum Gasteiger partial charge on any atom is 0.247 e. The fourth-order valence-corrected chi connectivity index (χ4v) is 0.985. The summed E-state index contributed by atoms with van der Waals surface area (Å²) < 4.78 is 25.2. The van der Waals surface area contributed by atoms with E-state index in [-0.39, 0.29) is 6.42 Å². The van der Waals surface area contributed by atoms with Gasteiger partial charge in [-0.3, -0.25) is 9.63 Å². The van der Waals surface area contributed by atoms with Gasteiger partial charge in [-0.2, -0.15) is 0 Å². The molecule has 0 atom stereocenters. The summed E-state index contributed by atoms with van der Waals surface area (Å²) in [7, 11) is 1.29. The number of hydroxylamine groups is 1. The van der Waals surface area contributed by atoms with Crippen molar-refractivity contribution in [3.63, 3.8) is 0 Å². The van der Waals surface area contributed by atoms with Gasteiger partial charge in [0.1, 0.15) is 0 Å². The molecule has 1 aromatic rings. The predicted molar refractivity (Wildman–Crippen MR) is 45.2 cm³/mol. The zero-order valence-corrected chi connectivity index (χ0v) is 7.51. The van der Waals surface area contributed by atoms with Gasteiger partial charge in [0.25, 0.3) is 0 Å². The van der Waals surface area contributed by atoms with Crippen LogP contribution >= 0.6 is 0 Å². The third kappa shape index (κ3) is 2.77. The van der Waals surface area contributed by atoms with Crippen LogP contribution in [0.4, 0.5) is 8.78 Å². The van der Waals surface area contributed by atoms with Crippen LogP contribution in [0.5, 0.6) is 0 Å². The van der Waals surface area contributed by atoms with Crippen molar-refractivity contribution in [2.45, 2.75) is 6.42 Å². The summed E-state index contributed by atoms with van der Waals surface area (Å²) >= 11 is 0. The summed E-state index contributed by atoms with van der Waals surface area (Å²) in [6.07, 6.45) is -0.0506. The van der Waals surface area contributed by atoms with Crippen molar-refractivity contribution in [3.05, 3.63) is 35.4 Å². The molecule has 0 bridgehead atoms. The Morgan fingerprint density at radius 2 is 2.14 bits per heavy atom. The molecule has 0 fully saturated rings. The fourth-order valence-electron chi connectivity index (χ4n) is 0.985. The molecule has 14 heavy (non-hydrogen) atoms.